The summed E-state index contributed by atoms with van der Waals surface area (Å²) in [6.45, 7) is 2.48. The quantitative estimate of drug-likeness (QED) is 0.505. The number of hydrogen-bond donors (Lipinski definition) is 1. The zero-order chi connectivity index (χ0) is 22.7. The Bertz CT molecular complexity index is 1520. The number of imidazole rings is 1. The molecule has 2 aliphatic heterocycles. The maximum Gasteiger partial charge on any atom is 0.261 e. The summed E-state index contributed by atoms with van der Waals surface area (Å²) in [5, 5.41) is 0. The molecule has 0 unspecified atom stereocenters. The molecule has 1 N–H and O–H groups in total. The van der Waals surface area contributed by atoms with Crippen LogP contribution in [-0.2, 0) is 27.7 Å². The van der Waals surface area contributed by atoms with Crippen molar-refractivity contribution in [3.8, 4) is 11.3 Å². The molecule has 6 rings (SSSR count). The van der Waals surface area contributed by atoms with Gasteiger partial charge in [-0.25, -0.2) is 18.4 Å². The average molecular weight is 460 g/mol. The van der Waals surface area contributed by atoms with Gasteiger partial charge in [-0.15, -0.1) is 0 Å². The van der Waals surface area contributed by atoms with E-state index in [1.807, 2.05) is 41.9 Å². The number of nitrogens with one attached hydrogen (secondary N) is 1. The van der Waals surface area contributed by atoms with Gasteiger partial charge in [-0.05, 0) is 60.7 Å². The Kier molecular flexibility index (Phi) is 4.31. The van der Waals surface area contributed by atoms with Crippen molar-refractivity contribution in [2.75, 3.05) is 16.2 Å². The van der Waals surface area contributed by atoms with Crippen LogP contribution in [0.1, 0.15) is 23.1 Å². The maximum absolute atomic E-state index is 13.4. The van der Waals surface area contributed by atoms with Crippen molar-refractivity contribution in [3.05, 3.63) is 71.7 Å². The van der Waals surface area contributed by atoms with Gasteiger partial charge in [0.2, 0.25) is 11.7 Å². The number of aromatic nitrogens is 3. The maximum atomic E-state index is 13.4. The fourth-order valence-electron chi connectivity index (χ4n) is 4.65. The van der Waals surface area contributed by atoms with E-state index in [-0.39, 0.29) is 10.8 Å². The molecule has 2 aromatic carbocycles. The number of carbonyl (C=O) groups excluding carboxylic acids is 1. The molecular formula is C24H21N5O3S. The van der Waals surface area contributed by atoms with Gasteiger partial charge in [0.05, 0.1) is 22.0 Å². The first kappa shape index (κ1) is 19.9. The summed E-state index contributed by atoms with van der Waals surface area (Å²) >= 11 is 0. The fourth-order valence-corrected chi connectivity index (χ4v) is 5.87. The Morgan fingerprint density at radius 1 is 1.06 bits per heavy atom. The van der Waals surface area contributed by atoms with Crippen LogP contribution >= 0.6 is 0 Å². The van der Waals surface area contributed by atoms with E-state index in [0.29, 0.717) is 43.0 Å². The SMILES string of the molecule is Cc1ccc(-c2cn3cccnc3n2)cc1NS(=O)(=O)c1cc2c3c(c1)CCN3C(=O)CC2. The summed E-state index contributed by atoms with van der Waals surface area (Å²) in [7, 11) is -3.81. The third-order valence-corrected chi connectivity index (χ3v) is 7.69. The van der Waals surface area contributed by atoms with Gasteiger partial charge < -0.3 is 4.90 Å². The zero-order valence-corrected chi connectivity index (χ0v) is 18.8. The molecule has 0 saturated carbocycles. The van der Waals surface area contributed by atoms with E-state index < -0.39 is 10.0 Å². The molecule has 0 bridgehead atoms. The summed E-state index contributed by atoms with van der Waals surface area (Å²) in [5.41, 5.74) is 5.56. The molecule has 9 heteroatoms. The molecule has 2 aliphatic rings. The van der Waals surface area contributed by atoms with E-state index in [1.54, 1.807) is 29.3 Å². The first-order chi connectivity index (χ1) is 15.9. The molecule has 0 spiro atoms. The van der Waals surface area contributed by atoms with Gasteiger partial charge in [0.25, 0.3) is 10.0 Å². The van der Waals surface area contributed by atoms with Crippen LogP contribution in [0, 0.1) is 6.92 Å². The molecule has 0 atom stereocenters. The van der Waals surface area contributed by atoms with Crippen molar-refractivity contribution in [2.24, 2.45) is 0 Å². The Morgan fingerprint density at radius 3 is 2.70 bits per heavy atom. The van der Waals surface area contributed by atoms with Gasteiger partial charge in [0.15, 0.2) is 0 Å². The molecule has 166 valence electrons. The molecule has 33 heavy (non-hydrogen) atoms. The van der Waals surface area contributed by atoms with Gasteiger partial charge in [0.1, 0.15) is 0 Å². The van der Waals surface area contributed by atoms with E-state index in [9.17, 15) is 13.2 Å². The summed E-state index contributed by atoms with van der Waals surface area (Å²) in [6.07, 6.45) is 7.07. The van der Waals surface area contributed by atoms with Crippen molar-refractivity contribution in [1.29, 1.82) is 0 Å². The van der Waals surface area contributed by atoms with Crippen molar-refractivity contribution < 1.29 is 13.2 Å². The van der Waals surface area contributed by atoms with Crippen LogP contribution in [0.2, 0.25) is 0 Å². The van der Waals surface area contributed by atoms with Crippen LogP contribution in [0.3, 0.4) is 0 Å². The number of rotatable bonds is 4. The van der Waals surface area contributed by atoms with E-state index in [4.69, 9.17) is 0 Å². The highest BCUT2D eigenvalue weighted by Crippen LogP contribution is 2.39. The van der Waals surface area contributed by atoms with Crippen LogP contribution in [0.15, 0.2) is 59.9 Å². The van der Waals surface area contributed by atoms with Crippen LogP contribution in [0.25, 0.3) is 17.0 Å². The average Bonchev–Trinajstić information content (AvgIpc) is 3.43. The molecule has 0 aliphatic carbocycles. The number of anilines is 2. The second-order valence-electron chi connectivity index (χ2n) is 8.47. The first-order valence-electron chi connectivity index (χ1n) is 10.8. The summed E-state index contributed by atoms with van der Waals surface area (Å²) in [6, 6.07) is 10.8. The van der Waals surface area contributed by atoms with Crippen molar-refractivity contribution in [3.63, 3.8) is 0 Å². The molecule has 0 fully saturated rings. The number of sulfonamides is 1. The van der Waals surface area contributed by atoms with Crippen LogP contribution < -0.4 is 9.62 Å². The zero-order valence-electron chi connectivity index (χ0n) is 17.9. The Balaban J connectivity index is 1.36. The number of aryl methyl sites for hydroxylation is 2. The van der Waals surface area contributed by atoms with Gasteiger partial charge >= 0.3 is 0 Å². The Labute approximate surface area is 191 Å². The van der Waals surface area contributed by atoms with Crippen LogP contribution in [0.4, 0.5) is 11.4 Å². The summed E-state index contributed by atoms with van der Waals surface area (Å²) in [5.74, 6) is 0.694. The number of amides is 1. The van der Waals surface area contributed by atoms with E-state index in [0.717, 1.165) is 27.9 Å². The lowest BCUT2D eigenvalue weighted by Crippen LogP contribution is -2.33. The normalized spacial score (nSPS) is 15.2. The van der Waals surface area contributed by atoms with E-state index in [2.05, 4.69) is 14.7 Å². The fraction of sp³-hybridized carbons (Fsp3) is 0.208. The van der Waals surface area contributed by atoms with Gasteiger partial charge in [-0.2, -0.15) is 0 Å². The molecule has 1 amide bonds. The highest BCUT2D eigenvalue weighted by Gasteiger charge is 2.33. The highest BCUT2D eigenvalue weighted by atomic mass is 32.2. The van der Waals surface area contributed by atoms with Gasteiger partial charge in [0, 0.05) is 37.1 Å². The lowest BCUT2D eigenvalue weighted by molar-refractivity contribution is -0.118. The molecule has 2 aromatic heterocycles. The van der Waals surface area contributed by atoms with Crippen molar-refractivity contribution in [1.82, 2.24) is 14.4 Å². The minimum atomic E-state index is -3.81. The summed E-state index contributed by atoms with van der Waals surface area (Å²) < 4.78 is 31.3. The minimum Gasteiger partial charge on any atom is -0.312 e. The second-order valence-corrected chi connectivity index (χ2v) is 10.2. The standard InChI is InChI=1S/C24H21N5O3S/c1-15-3-4-16(21-14-28-9-2-8-25-24(28)26-21)13-20(15)27-33(31,32)19-11-17-5-6-22(30)29-10-7-18(12-19)23(17)29/h2-4,8-9,11-14,27H,5-7,10H2,1H3. The molecule has 0 saturated heterocycles. The van der Waals surface area contributed by atoms with Crippen LogP contribution in [-0.4, -0.2) is 35.2 Å². The number of fused-ring (bicyclic) bond motifs is 1. The third kappa shape index (κ3) is 3.27. The molecule has 8 nitrogen and oxygen atoms in total. The van der Waals surface area contributed by atoms with Crippen molar-refractivity contribution >= 4 is 33.1 Å². The smallest absolute Gasteiger partial charge is 0.261 e. The van der Waals surface area contributed by atoms with Gasteiger partial charge in [-0.1, -0.05) is 12.1 Å². The monoisotopic (exact) mass is 459 g/mol. The molecular weight excluding hydrogens is 438 g/mol. The topological polar surface area (TPSA) is 96.7 Å². The predicted molar refractivity (Wildman–Crippen MR) is 125 cm³/mol. The number of benzene rings is 2. The van der Waals surface area contributed by atoms with Crippen LogP contribution in [0.5, 0.6) is 0 Å². The number of carbonyl (C=O) groups is 1. The highest BCUT2D eigenvalue weighted by molar-refractivity contribution is 7.92. The van der Waals surface area contributed by atoms with Gasteiger partial charge in [-0.3, -0.25) is 13.9 Å². The van der Waals surface area contributed by atoms with E-state index in [1.165, 1.54) is 0 Å². The molecule has 4 aromatic rings. The Morgan fingerprint density at radius 2 is 1.88 bits per heavy atom. The van der Waals surface area contributed by atoms with Crippen molar-refractivity contribution in [2.45, 2.75) is 31.1 Å². The number of nitrogens with zero attached hydrogens (tertiary/aromatic N) is 4. The lowest BCUT2D eigenvalue weighted by atomic mass is 10.00. The summed E-state index contributed by atoms with van der Waals surface area (Å²) in [4.78, 5) is 23.0. The van der Waals surface area contributed by atoms with E-state index >= 15 is 0 Å². The predicted octanol–water partition coefficient (Wildman–Crippen LogP) is 3.34. The lowest BCUT2D eigenvalue weighted by Gasteiger charge is -2.25. The molecule has 0 radical (unpaired) electrons. The second kappa shape index (κ2) is 7.14. The first-order valence-corrected chi connectivity index (χ1v) is 12.3. The minimum absolute atomic E-state index is 0.115. The number of hydrogen-bond acceptors (Lipinski definition) is 5. The molecule has 4 heterocycles. The third-order valence-electron chi connectivity index (χ3n) is 6.35. The largest absolute Gasteiger partial charge is 0.312 e. The Hall–Kier alpha value is -3.72.